The minimum absolute atomic E-state index is 0.0780. The van der Waals surface area contributed by atoms with Crippen LogP contribution in [0.3, 0.4) is 0 Å². The SMILES string of the molecule is C=C1C2(C)CC3C(C)(CCC(=O)OC)C(C(C)(C)O)CCC3(C)C1(C(=O)OC)C(=O)C(C)(O)C2=O. The van der Waals surface area contributed by atoms with Crippen LogP contribution in [-0.2, 0) is 28.7 Å². The number of methoxy groups -OCH3 is 2. The van der Waals surface area contributed by atoms with Gasteiger partial charge in [0.1, 0.15) is 0 Å². The van der Waals surface area contributed by atoms with Crippen molar-refractivity contribution in [2.75, 3.05) is 14.2 Å². The molecule has 2 bridgehead atoms. The van der Waals surface area contributed by atoms with Crippen LogP contribution in [-0.4, -0.2) is 59.1 Å². The summed E-state index contributed by atoms with van der Waals surface area (Å²) in [5, 5.41) is 22.4. The lowest BCUT2D eigenvalue weighted by atomic mass is 9.31. The molecule has 35 heavy (non-hydrogen) atoms. The van der Waals surface area contributed by atoms with E-state index in [2.05, 4.69) is 6.58 Å². The van der Waals surface area contributed by atoms with E-state index in [1.807, 2.05) is 13.8 Å². The molecule has 7 unspecified atom stereocenters. The second kappa shape index (κ2) is 7.97. The molecule has 196 valence electrons. The minimum atomic E-state index is -2.38. The van der Waals surface area contributed by atoms with Gasteiger partial charge in [0.05, 0.1) is 25.2 Å². The van der Waals surface area contributed by atoms with Crippen LogP contribution < -0.4 is 0 Å². The molecular formula is C27H40O8. The minimum Gasteiger partial charge on any atom is -0.469 e. The zero-order valence-corrected chi connectivity index (χ0v) is 22.2. The van der Waals surface area contributed by atoms with Gasteiger partial charge in [-0.15, -0.1) is 0 Å². The standard InChI is InChI=1S/C27H40O8/c1-15-24(5)14-17-23(4,12-11-18(28)34-8)16(22(2,3)32)10-13-25(17,6)27(15,21(31)35-9)20(30)26(7,33)19(24)29/h16-17,32-33H,1,10-14H2,2-9H3. The summed E-state index contributed by atoms with van der Waals surface area (Å²) in [5.74, 6) is -3.60. The number of hydrogen-bond donors (Lipinski definition) is 2. The summed E-state index contributed by atoms with van der Waals surface area (Å²) in [7, 11) is 2.50. The maximum Gasteiger partial charge on any atom is 0.324 e. The van der Waals surface area contributed by atoms with Crippen molar-refractivity contribution in [3.05, 3.63) is 12.2 Å². The summed E-state index contributed by atoms with van der Waals surface area (Å²) in [5.41, 5.74) is -8.52. The molecule has 7 atom stereocenters. The van der Waals surface area contributed by atoms with Crippen molar-refractivity contribution in [3.8, 4) is 0 Å². The molecule has 2 N–H and O–H groups in total. The Labute approximate surface area is 207 Å². The van der Waals surface area contributed by atoms with E-state index in [1.165, 1.54) is 14.2 Å². The third kappa shape index (κ3) is 3.24. The van der Waals surface area contributed by atoms with Gasteiger partial charge >= 0.3 is 11.9 Å². The highest BCUT2D eigenvalue weighted by Crippen LogP contribution is 2.75. The van der Waals surface area contributed by atoms with E-state index >= 15 is 0 Å². The van der Waals surface area contributed by atoms with Crippen molar-refractivity contribution in [1.29, 1.82) is 0 Å². The summed E-state index contributed by atoms with van der Waals surface area (Å²) in [6.45, 7) is 14.2. The average Bonchev–Trinajstić information content (AvgIpc) is 2.77. The number of carbonyl (C=O) groups is 4. The largest absolute Gasteiger partial charge is 0.469 e. The Morgan fingerprint density at radius 2 is 1.66 bits per heavy atom. The predicted molar refractivity (Wildman–Crippen MR) is 127 cm³/mol. The third-order valence-corrected chi connectivity index (χ3v) is 10.1. The summed E-state index contributed by atoms with van der Waals surface area (Å²) < 4.78 is 10.1. The van der Waals surface area contributed by atoms with Crippen LogP contribution >= 0.6 is 0 Å². The number of fused-ring (bicyclic) bond motifs is 4. The number of aliphatic hydroxyl groups is 2. The van der Waals surface area contributed by atoms with Gasteiger partial charge < -0.3 is 19.7 Å². The van der Waals surface area contributed by atoms with Gasteiger partial charge in [0, 0.05) is 6.42 Å². The monoisotopic (exact) mass is 492 g/mol. The Bertz CT molecular complexity index is 980. The van der Waals surface area contributed by atoms with Crippen LogP contribution in [0.5, 0.6) is 0 Å². The highest BCUT2D eigenvalue weighted by Gasteiger charge is 2.80. The highest BCUT2D eigenvalue weighted by atomic mass is 16.5. The van der Waals surface area contributed by atoms with Crippen LogP contribution in [0.2, 0.25) is 0 Å². The molecule has 0 radical (unpaired) electrons. The van der Waals surface area contributed by atoms with Crippen LogP contribution in [0.4, 0.5) is 0 Å². The molecule has 3 aliphatic carbocycles. The molecule has 8 nitrogen and oxygen atoms in total. The third-order valence-electron chi connectivity index (χ3n) is 10.1. The van der Waals surface area contributed by atoms with Crippen molar-refractivity contribution in [1.82, 2.24) is 0 Å². The van der Waals surface area contributed by atoms with Crippen LogP contribution in [0, 0.1) is 33.5 Å². The first-order chi connectivity index (χ1) is 15.8. The van der Waals surface area contributed by atoms with E-state index in [-0.39, 0.29) is 24.3 Å². The molecule has 3 rings (SSSR count). The van der Waals surface area contributed by atoms with Gasteiger partial charge in [-0.2, -0.15) is 0 Å². The molecule has 3 saturated carbocycles. The number of esters is 2. The van der Waals surface area contributed by atoms with Crippen molar-refractivity contribution in [2.45, 2.75) is 84.8 Å². The molecular weight excluding hydrogens is 452 g/mol. The molecule has 0 spiro atoms. The fourth-order valence-corrected chi connectivity index (χ4v) is 8.33. The molecule has 0 aromatic heterocycles. The van der Waals surface area contributed by atoms with Gasteiger partial charge in [-0.05, 0) is 81.6 Å². The summed E-state index contributed by atoms with van der Waals surface area (Å²) in [6, 6.07) is 0. The summed E-state index contributed by atoms with van der Waals surface area (Å²) in [6.07, 6.45) is 1.44. The Hall–Kier alpha value is -2.06. The molecule has 0 aromatic rings. The molecule has 3 aliphatic rings. The summed E-state index contributed by atoms with van der Waals surface area (Å²) >= 11 is 0. The fraction of sp³-hybridized carbons (Fsp3) is 0.778. The smallest absolute Gasteiger partial charge is 0.324 e. The van der Waals surface area contributed by atoms with Crippen LogP contribution in [0.1, 0.15) is 73.6 Å². The molecule has 0 aromatic carbocycles. The molecule has 0 amide bonds. The van der Waals surface area contributed by atoms with E-state index in [0.717, 1.165) is 6.92 Å². The Morgan fingerprint density at radius 1 is 1.09 bits per heavy atom. The van der Waals surface area contributed by atoms with E-state index in [9.17, 15) is 29.4 Å². The van der Waals surface area contributed by atoms with E-state index in [4.69, 9.17) is 9.47 Å². The number of carbonyl (C=O) groups excluding carboxylic acids is 4. The second-order valence-electron chi connectivity index (χ2n) is 12.3. The Morgan fingerprint density at radius 3 is 2.14 bits per heavy atom. The van der Waals surface area contributed by atoms with E-state index < -0.39 is 62.3 Å². The lowest BCUT2D eigenvalue weighted by Gasteiger charge is -2.70. The number of Topliss-reactive ketones (excluding diaryl/α,β-unsaturated/α-hetero) is 2. The molecule has 3 fully saturated rings. The lowest BCUT2D eigenvalue weighted by molar-refractivity contribution is -0.223. The van der Waals surface area contributed by atoms with Gasteiger partial charge in [-0.25, -0.2) is 0 Å². The van der Waals surface area contributed by atoms with Gasteiger partial charge in [0.15, 0.2) is 22.6 Å². The van der Waals surface area contributed by atoms with Crippen molar-refractivity contribution in [3.63, 3.8) is 0 Å². The van der Waals surface area contributed by atoms with Gasteiger partial charge in [-0.3, -0.25) is 19.2 Å². The van der Waals surface area contributed by atoms with E-state index in [0.29, 0.717) is 19.3 Å². The number of ether oxygens (including phenoxy) is 2. The van der Waals surface area contributed by atoms with Crippen LogP contribution in [0.15, 0.2) is 12.2 Å². The maximum absolute atomic E-state index is 14.0. The maximum atomic E-state index is 14.0. The quantitative estimate of drug-likeness (QED) is 0.341. The van der Waals surface area contributed by atoms with E-state index in [1.54, 1.807) is 20.8 Å². The lowest BCUT2D eigenvalue weighted by Crippen LogP contribution is -2.77. The van der Waals surface area contributed by atoms with Crippen LogP contribution in [0.25, 0.3) is 0 Å². The molecule has 0 heterocycles. The molecule has 8 heteroatoms. The Kier molecular flexibility index (Phi) is 6.27. The number of rotatable bonds is 5. The van der Waals surface area contributed by atoms with Gasteiger partial charge in [0.25, 0.3) is 0 Å². The molecule has 0 saturated heterocycles. The predicted octanol–water partition coefficient (Wildman–Crippen LogP) is 2.78. The van der Waals surface area contributed by atoms with Crippen molar-refractivity contribution >= 4 is 23.5 Å². The first kappa shape index (κ1) is 27.5. The topological polar surface area (TPSA) is 127 Å². The number of hydrogen-bond acceptors (Lipinski definition) is 8. The molecule has 0 aliphatic heterocycles. The van der Waals surface area contributed by atoms with Gasteiger partial charge in [0.2, 0.25) is 0 Å². The second-order valence-corrected chi connectivity index (χ2v) is 12.3. The number of ketones is 2. The highest BCUT2D eigenvalue weighted by molar-refractivity contribution is 6.26. The van der Waals surface area contributed by atoms with Gasteiger partial charge in [-0.1, -0.05) is 20.4 Å². The zero-order valence-electron chi connectivity index (χ0n) is 22.2. The summed E-state index contributed by atoms with van der Waals surface area (Å²) in [4.78, 5) is 53.5. The first-order valence-corrected chi connectivity index (χ1v) is 12.2. The average molecular weight is 493 g/mol. The first-order valence-electron chi connectivity index (χ1n) is 12.2. The van der Waals surface area contributed by atoms with Crippen molar-refractivity contribution < 1.29 is 38.9 Å². The fourth-order valence-electron chi connectivity index (χ4n) is 8.33. The Balaban J connectivity index is 2.37. The van der Waals surface area contributed by atoms with Crippen molar-refractivity contribution in [2.24, 2.45) is 33.5 Å². The zero-order chi connectivity index (χ0) is 27.0. The normalized spacial score (nSPS) is 43.4.